The monoisotopic (exact) mass is 426 g/mol. The number of nitrogens with one attached hydrogen (secondary N) is 2. The number of aryl methyl sites for hydroxylation is 1. The quantitative estimate of drug-likeness (QED) is 0.667. The van der Waals surface area contributed by atoms with Gasteiger partial charge in [0.05, 0.1) is 19.1 Å². The molecule has 1 aliphatic carbocycles. The maximum absolute atomic E-state index is 13.0. The number of hydrogen-bond acceptors (Lipinski definition) is 4. The third kappa shape index (κ3) is 5.28. The molecule has 2 N–H and O–H groups in total. The minimum absolute atomic E-state index is 0.0732. The van der Waals surface area contributed by atoms with E-state index in [1.165, 1.54) is 0 Å². The number of carbonyl (C=O) groups is 2. The van der Waals surface area contributed by atoms with E-state index in [1.807, 2.05) is 41.9 Å². The zero-order valence-electron chi connectivity index (χ0n) is 18.4. The summed E-state index contributed by atoms with van der Waals surface area (Å²) >= 11 is 0. The van der Waals surface area contributed by atoms with E-state index < -0.39 is 0 Å². The second kappa shape index (κ2) is 10.3. The molecule has 7 nitrogen and oxygen atoms in total. The van der Waals surface area contributed by atoms with E-state index in [2.05, 4.69) is 15.5 Å². The Morgan fingerprint density at radius 2 is 1.90 bits per heavy atom. The molecule has 0 bridgehead atoms. The molecule has 1 saturated carbocycles. The van der Waals surface area contributed by atoms with Gasteiger partial charge >= 0.3 is 0 Å². The van der Waals surface area contributed by atoms with Crippen LogP contribution in [0, 0.1) is 5.92 Å². The Morgan fingerprint density at radius 3 is 2.71 bits per heavy atom. The Balaban J connectivity index is 1.31. The first-order valence-corrected chi connectivity index (χ1v) is 11.6. The van der Waals surface area contributed by atoms with Crippen LogP contribution in [0.4, 0.5) is 0 Å². The Labute approximate surface area is 184 Å². The molecule has 2 atom stereocenters. The zero-order chi connectivity index (χ0) is 21.6. The van der Waals surface area contributed by atoms with Crippen molar-refractivity contribution in [1.29, 1.82) is 0 Å². The minimum atomic E-state index is -0.157. The largest absolute Gasteiger partial charge is 0.379 e. The third-order valence-electron chi connectivity index (χ3n) is 6.66. The maximum atomic E-state index is 13.0. The van der Waals surface area contributed by atoms with Gasteiger partial charge in [-0.1, -0.05) is 31.0 Å². The van der Waals surface area contributed by atoms with Crippen LogP contribution in [0.5, 0.6) is 0 Å². The molecule has 2 aromatic rings. The molecule has 4 rings (SSSR count). The first-order valence-electron chi connectivity index (χ1n) is 11.6. The number of fused-ring (bicyclic) bond motifs is 1. The Kier molecular flexibility index (Phi) is 7.25. The number of benzene rings is 1. The van der Waals surface area contributed by atoms with Gasteiger partial charge in [0.15, 0.2) is 0 Å². The van der Waals surface area contributed by atoms with Crippen molar-refractivity contribution in [3.8, 4) is 0 Å². The average molecular weight is 427 g/mol. The van der Waals surface area contributed by atoms with Gasteiger partial charge in [-0.2, -0.15) is 0 Å². The SMILES string of the molecule is Cn1c(C(=O)N[C@H]2CCCC[C@H]2C(=O)NCCCN2CCOCC2)cc2ccccc21. The van der Waals surface area contributed by atoms with Crippen molar-refractivity contribution in [3.63, 3.8) is 0 Å². The summed E-state index contributed by atoms with van der Waals surface area (Å²) in [4.78, 5) is 28.3. The number of ether oxygens (including phenoxy) is 1. The van der Waals surface area contributed by atoms with Crippen molar-refractivity contribution in [2.45, 2.75) is 38.1 Å². The predicted octanol–water partition coefficient (Wildman–Crippen LogP) is 2.31. The topological polar surface area (TPSA) is 75.6 Å². The Bertz CT molecular complexity index is 903. The molecule has 1 aromatic carbocycles. The number of hydrogen-bond donors (Lipinski definition) is 2. The van der Waals surface area contributed by atoms with Crippen molar-refractivity contribution >= 4 is 22.7 Å². The van der Waals surface area contributed by atoms with Crippen LogP contribution in [0.15, 0.2) is 30.3 Å². The number of rotatable bonds is 7. The van der Waals surface area contributed by atoms with Crippen molar-refractivity contribution in [2.75, 3.05) is 39.4 Å². The van der Waals surface area contributed by atoms with Crippen molar-refractivity contribution < 1.29 is 14.3 Å². The standard InChI is InChI=1S/C24H34N4O3/c1-27-21-10-5-2-7-18(21)17-22(27)24(30)26-20-9-4-3-8-19(20)23(29)25-11-6-12-28-13-15-31-16-14-28/h2,5,7,10,17,19-20H,3-4,6,8-9,11-16H2,1H3,(H,25,29)(H,26,30)/t19-,20+/m1/s1. The fourth-order valence-corrected chi connectivity index (χ4v) is 4.84. The molecule has 0 unspecified atom stereocenters. The summed E-state index contributed by atoms with van der Waals surface area (Å²) in [6.45, 7) is 5.20. The van der Waals surface area contributed by atoms with Crippen LogP contribution in [0.2, 0.25) is 0 Å². The molecule has 1 aromatic heterocycles. The Morgan fingerprint density at radius 1 is 1.13 bits per heavy atom. The van der Waals surface area contributed by atoms with Crippen molar-refractivity contribution in [3.05, 3.63) is 36.0 Å². The van der Waals surface area contributed by atoms with E-state index in [1.54, 1.807) is 0 Å². The summed E-state index contributed by atoms with van der Waals surface area (Å²) in [5.41, 5.74) is 1.67. The summed E-state index contributed by atoms with van der Waals surface area (Å²) < 4.78 is 7.30. The van der Waals surface area contributed by atoms with E-state index in [0.29, 0.717) is 12.2 Å². The molecule has 0 radical (unpaired) electrons. The van der Waals surface area contributed by atoms with Crippen LogP contribution in [0.1, 0.15) is 42.6 Å². The first kappa shape index (κ1) is 21.8. The smallest absolute Gasteiger partial charge is 0.268 e. The van der Waals surface area contributed by atoms with Gasteiger partial charge in [-0.25, -0.2) is 0 Å². The molecule has 2 fully saturated rings. The fraction of sp³-hybridized carbons (Fsp3) is 0.583. The highest BCUT2D eigenvalue weighted by Crippen LogP contribution is 2.26. The molecule has 2 amide bonds. The molecule has 0 spiro atoms. The van der Waals surface area contributed by atoms with Crippen molar-refractivity contribution in [2.24, 2.45) is 13.0 Å². The molecule has 1 aliphatic heterocycles. The summed E-state index contributed by atoms with van der Waals surface area (Å²) in [5, 5.41) is 7.33. The van der Waals surface area contributed by atoms with Gasteiger partial charge in [0.1, 0.15) is 5.69 Å². The second-order valence-corrected chi connectivity index (χ2v) is 8.72. The summed E-state index contributed by atoms with van der Waals surface area (Å²) in [5.74, 6) is -0.185. The van der Waals surface area contributed by atoms with E-state index in [0.717, 1.165) is 75.9 Å². The van der Waals surface area contributed by atoms with Gasteiger partial charge in [-0.05, 0) is 37.9 Å². The maximum Gasteiger partial charge on any atom is 0.268 e. The van der Waals surface area contributed by atoms with E-state index in [-0.39, 0.29) is 23.8 Å². The molecule has 168 valence electrons. The van der Waals surface area contributed by atoms with Crippen LogP contribution in [0.25, 0.3) is 10.9 Å². The number of nitrogens with zero attached hydrogens (tertiary/aromatic N) is 2. The highest BCUT2D eigenvalue weighted by atomic mass is 16.5. The molecule has 2 aliphatic rings. The molecule has 31 heavy (non-hydrogen) atoms. The van der Waals surface area contributed by atoms with Crippen LogP contribution in [-0.2, 0) is 16.6 Å². The number of amides is 2. The lowest BCUT2D eigenvalue weighted by Crippen LogP contribution is -2.49. The van der Waals surface area contributed by atoms with Crippen LogP contribution in [-0.4, -0.2) is 66.7 Å². The first-order chi connectivity index (χ1) is 15.1. The van der Waals surface area contributed by atoms with Gasteiger partial charge in [0, 0.05) is 43.6 Å². The second-order valence-electron chi connectivity index (χ2n) is 8.72. The third-order valence-corrected chi connectivity index (χ3v) is 6.66. The molecular weight excluding hydrogens is 392 g/mol. The van der Waals surface area contributed by atoms with Crippen LogP contribution in [0.3, 0.4) is 0 Å². The van der Waals surface area contributed by atoms with Crippen LogP contribution < -0.4 is 10.6 Å². The lowest BCUT2D eigenvalue weighted by molar-refractivity contribution is -0.126. The predicted molar refractivity (Wildman–Crippen MR) is 121 cm³/mol. The van der Waals surface area contributed by atoms with E-state index >= 15 is 0 Å². The highest BCUT2D eigenvalue weighted by Gasteiger charge is 2.32. The number of morpholine rings is 1. The van der Waals surface area contributed by atoms with Gasteiger partial charge in [0.2, 0.25) is 5.91 Å². The van der Waals surface area contributed by atoms with E-state index in [9.17, 15) is 9.59 Å². The average Bonchev–Trinajstić information content (AvgIpc) is 3.14. The summed E-state index contributed by atoms with van der Waals surface area (Å²) in [6, 6.07) is 9.79. The lowest BCUT2D eigenvalue weighted by atomic mass is 9.83. The van der Waals surface area contributed by atoms with Crippen molar-refractivity contribution in [1.82, 2.24) is 20.1 Å². The van der Waals surface area contributed by atoms with Gasteiger partial charge in [-0.15, -0.1) is 0 Å². The van der Waals surface area contributed by atoms with Crippen LogP contribution >= 0.6 is 0 Å². The normalized spacial score (nSPS) is 22.4. The number of carbonyl (C=O) groups excluding carboxylic acids is 2. The minimum Gasteiger partial charge on any atom is -0.379 e. The Hall–Kier alpha value is -2.38. The zero-order valence-corrected chi connectivity index (χ0v) is 18.4. The van der Waals surface area contributed by atoms with Gasteiger partial charge in [-0.3, -0.25) is 14.5 Å². The number of para-hydroxylation sites is 1. The van der Waals surface area contributed by atoms with E-state index in [4.69, 9.17) is 4.74 Å². The molecule has 2 heterocycles. The lowest BCUT2D eigenvalue weighted by Gasteiger charge is -2.31. The fourth-order valence-electron chi connectivity index (χ4n) is 4.84. The molecule has 1 saturated heterocycles. The highest BCUT2D eigenvalue weighted by molar-refractivity contribution is 5.99. The molecule has 7 heteroatoms. The number of aromatic nitrogens is 1. The van der Waals surface area contributed by atoms with Gasteiger partial charge < -0.3 is 19.9 Å². The van der Waals surface area contributed by atoms with Gasteiger partial charge in [0.25, 0.3) is 5.91 Å². The summed E-state index contributed by atoms with van der Waals surface area (Å²) in [6.07, 6.45) is 4.69. The summed E-state index contributed by atoms with van der Waals surface area (Å²) in [7, 11) is 1.91. The molecular formula is C24H34N4O3.